The van der Waals surface area contributed by atoms with Crippen LogP contribution in [-0.2, 0) is 9.57 Å². The van der Waals surface area contributed by atoms with Crippen molar-refractivity contribution in [1.29, 1.82) is 0 Å². The molecular weight excluding hydrogens is 202 g/mol. The zero-order valence-corrected chi connectivity index (χ0v) is 10.8. The van der Waals surface area contributed by atoms with E-state index in [0.717, 1.165) is 19.5 Å². The summed E-state index contributed by atoms with van der Waals surface area (Å²) in [5, 5.41) is 0. The van der Waals surface area contributed by atoms with Crippen molar-refractivity contribution in [3.63, 3.8) is 0 Å². The largest absolute Gasteiger partial charge is 1.00 e. The van der Waals surface area contributed by atoms with Gasteiger partial charge in [-0.1, -0.05) is 6.92 Å². The normalized spacial score (nSPS) is 13.5. The fraction of sp³-hybridized carbons (Fsp3) is 1.00. The number of hydroxylamine groups is 3. The van der Waals surface area contributed by atoms with Gasteiger partial charge in [0.05, 0.1) is 7.05 Å². The van der Waals surface area contributed by atoms with Gasteiger partial charge >= 0.3 is 0 Å². The molecule has 3 nitrogen and oxygen atoms in total. The van der Waals surface area contributed by atoms with Crippen LogP contribution in [0.4, 0.5) is 0 Å². The molecule has 1 atom stereocenters. The molecule has 0 N–H and O–H groups in total. The number of hydrogen-bond donors (Lipinski definition) is 0. The molecule has 0 spiro atoms. The molecule has 0 aliphatic carbocycles. The maximum Gasteiger partial charge on any atom is 0.215 e. The molecule has 0 aliphatic heterocycles. The minimum absolute atomic E-state index is 0. The lowest BCUT2D eigenvalue weighted by Crippen LogP contribution is -3.00. The molecule has 0 heterocycles. The highest BCUT2D eigenvalue weighted by Crippen LogP contribution is 2.10. The Hall–Kier alpha value is 0.170. The molecule has 0 aromatic carbocycles. The molecule has 0 saturated heterocycles. The van der Waals surface area contributed by atoms with E-state index in [2.05, 4.69) is 27.8 Å². The lowest BCUT2D eigenvalue weighted by Gasteiger charge is -2.32. The SMILES string of the molecule is CCOC(CC)O[N+](C)(CC)CC.[Cl-]. The van der Waals surface area contributed by atoms with Gasteiger partial charge in [0.25, 0.3) is 0 Å². The van der Waals surface area contributed by atoms with Gasteiger partial charge < -0.3 is 17.1 Å². The van der Waals surface area contributed by atoms with Gasteiger partial charge in [0.1, 0.15) is 13.1 Å². The Balaban J connectivity index is 0. The van der Waals surface area contributed by atoms with Crippen LogP contribution in [0.5, 0.6) is 0 Å². The summed E-state index contributed by atoms with van der Waals surface area (Å²) in [5.41, 5.74) is 0. The number of hydrogen-bond acceptors (Lipinski definition) is 2. The van der Waals surface area contributed by atoms with E-state index >= 15 is 0 Å². The van der Waals surface area contributed by atoms with Crippen molar-refractivity contribution in [3.05, 3.63) is 0 Å². The zero-order chi connectivity index (χ0) is 10.3. The highest BCUT2D eigenvalue weighted by Gasteiger charge is 2.23. The third-order valence-corrected chi connectivity index (χ3v) is 2.40. The van der Waals surface area contributed by atoms with Crippen LogP contribution in [0.3, 0.4) is 0 Å². The van der Waals surface area contributed by atoms with Crippen LogP contribution in [0.1, 0.15) is 34.1 Å². The smallest absolute Gasteiger partial charge is 0.215 e. The average molecular weight is 226 g/mol. The molecule has 0 aliphatic rings. The minimum Gasteiger partial charge on any atom is -1.00 e. The van der Waals surface area contributed by atoms with E-state index in [0.29, 0.717) is 11.3 Å². The zero-order valence-electron chi connectivity index (χ0n) is 10.0. The fourth-order valence-corrected chi connectivity index (χ4v) is 1.07. The van der Waals surface area contributed by atoms with E-state index in [1.807, 2.05) is 6.92 Å². The number of halogens is 1. The first kappa shape index (κ1) is 16.6. The van der Waals surface area contributed by atoms with E-state index in [4.69, 9.17) is 9.57 Å². The molecule has 88 valence electrons. The number of ether oxygens (including phenoxy) is 1. The number of quaternary nitrogens is 1. The van der Waals surface area contributed by atoms with Crippen LogP contribution in [0.25, 0.3) is 0 Å². The van der Waals surface area contributed by atoms with Crippen molar-refractivity contribution >= 4 is 0 Å². The van der Waals surface area contributed by atoms with Crippen LogP contribution >= 0.6 is 0 Å². The predicted octanol–water partition coefficient (Wildman–Crippen LogP) is -0.819. The highest BCUT2D eigenvalue weighted by atomic mass is 35.5. The maximum atomic E-state index is 5.84. The molecule has 4 heteroatoms. The van der Waals surface area contributed by atoms with E-state index in [1.165, 1.54) is 0 Å². The third-order valence-electron chi connectivity index (χ3n) is 2.40. The highest BCUT2D eigenvalue weighted by molar-refractivity contribution is 4.34. The first-order valence-electron chi connectivity index (χ1n) is 5.26. The summed E-state index contributed by atoms with van der Waals surface area (Å²) in [4.78, 5) is 5.84. The summed E-state index contributed by atoms with van der Waals surface area (Å²) < 4.78 is 6.08. The Morgan fingerprint density at radius 2 is 1.57 bits per heavy atom. The van der Waals surface area contributed by atoms with E-state index in [-0.39, 0.29) is 18.7 Å². The van der Waals surface area contributed by atoms with E-state index in [9.17, 15) is 0 Å². The van der Waals surface area contributed by atoms with Crippen LogP contribution in [0.2, 0.25) is 0 Å². The van der Waals surface area contributed by atoms with Gasteiger partial charge in [-0.25, -0.2) is 0 Å². The Labute approximate surface area is 94.3 Å². The van der Waals surface area contributed by atoms with Crippen molar-refractivity contribution in [2.45, 2.75) is 40.4 Å². The lowest BCUT2D eigenvalue weighted by molar-refractivity contribution is -1.10. The fourth-order valence-electron chi connectivity index (χ4n) is 1.07. The first-order chi connectivity index (χ1) is 6.11. The summed E-state index contributed by atoms with van der Waals surface area (Å²) >= 11 is 0. The van der Waals surface area contributed by atoms with Crippen molar-refractivity contribution in [2.75, 3.05) is 26.7 Å². The molecule has 0 fully saturated rings. The molecule has 0 amide bonds. The van der Waals surface area contributed by atoms with E-state index in [1.54, 1.807) is 0 Å². The molecule has 0 aromatic rings. The van der Waals surface area contributed by atoms with Gasteiger partial charge in [0.2, 0.25) is 6.29 Å². The van der Waals surface area contributed by atoms with Crippen molar-refractivity contribution in [2.24, 2.45) is 0 Å². The third kappa shape index (κ3) is 5.81. The second-order valence-electron chi connectivity index (χ2n) is 3.33. The summed E-state index contributed by atoms with van der Waals surface area (Å²) in [5.74, 6) is 0. The summed E-state index contributed by atoms with van der Waals surface area (Å²) in [6, 6.07) is 0. The molecule has 0 bridgehead atoms. The second-order valence-corrected chi connectivity index (χ2v) is 3.33. The average Bonchev–Trinajstić information content (AvgIpc) is 2.17. The molecule has 0 aromatic heterocycles. The molecule has 0 saturated carbocycles. The molecule has 1 unspecified atom stereocenters. The Bertz CT molecular complexity index is 129. The number of rotatable bonds is 7. The number of nitrogens with zero attached hydrogens (tertiary/aromatic N) is 1. The topological polar surface area (TPSA) is 18.5 Å². The van der Waals surface area contributed by atoms with Crippen LogP contribution in [0, 0.1) is 0 Å². The predicted molar refractivity (Wildman–Crippen MR) is 54.1 cm³/mol. The van der Waals surface area contributed by atoms with Gasteiger partial charge in [0.15, 0.2) is 0 Å². The van der Waals surface area contributed by atoms with Crippen molar-refractivity contribution in [1.82, 2.24) is 0 Å². The van der Waals surface area contributed by atoms with Gasteiger partial charge in [-0.2, -0.15) is 9.48 Å². The molecule has 0 rings (SSSR count). The van der Waals surface area contributed by atoms with Crippen LogP contribution < -0.4 is 12.4 Å². The Morgan fingerprint density at radius 3 is 1.86 bits per heavy atom. The Morgan fingerprint density at radius 1 is 1.07 bits per heavy atom. The van der Waals surface area contributed by atoms with Gasteiger partial charge in [-0.05, 0) is 20.8 Å². The van der Waals surface area contributed by atoms with Crippen molar-refractivity contribution in [3.8, 4) is 0 Å². The molecular formula is C10H24ClNO2. The molecule has 0 radical (unpaired) electrons. The lowest BCUT2D eigenvalue weighted by atomic mass is 10.5. The van der Waals surface area contributed by atoms with Gasteiger partial charge in [-0.15, -0.1) is 0 Å². The van der Waals surface area contributed by atoms with Gasteiger partial charge in [0, 0.05) is 13.0 Å². The maximum absolute atomic E-state index is 5.84. The van der Waals surface area contributed by atoms with Crippen LogP contribution in [-0.4, -0.2) is 37.7 Å². The second kappa shape index (κ2) is 8.48. The summed E-state index contributed by atoms with van der Waals surface area (Å²) in [6.45, 7) is 11.0. The van der Waals surface area contributed by atoms with Crippen molar-refractivity contribution < 1.29 is 26.6 Å². The quantitative estimate of drug-likeness (QED) is 0.320. The Kier molecular flexibility index (Phi) is 10.0. The van der Waals surface area contributed by atoms with E-state index < -0.39 is 0 Å². The standard InChI is InChI=1S/C10H24NO2.ClH/c1-6-10(12-9-4)13-11(5,7-2)8-3;/h10H,6-9H2,1-5H3;1H/q+1;/p-1. The summed E-state index contributed by atoms with van der Waals surface area (Å²) in [6.07, 6.45) is 0.844. The van der Waals surface area contributed by atoms with Gasteiger partial charge in [-0.3, -0.25) is 0 Å². The minimum atomic E-state index is -0.0603. The first-order valence-corrected chi connectivity index (χ1v) is 5.26. The molecule has 14 heavy (non-hydrogen) atoms. The monoisotopic (exact) mass is 225 g/mol. The van der Waals surface area contributed by atoms with Crippen LogP contribution in [0.15, 0.2) is 0 Å². The summed E-state index contributed by atoms with van der Waals surface area (Å²) in [7, 11) is 2.08.